The minimum atomic E-state index is -0.662. The van der Waals surface area contributed by atoms with Gasteiger partial charge in [-0.3, -0.25) is 4.90 Å². The molecule has 0 fully saturated rings. The number of nitrogens with zero attached hydrogens (tertiary/aromatic N) is 1. The fraction of sp³-hybridized carbons (Fsp3) is 0.333. The summed E-state index contributed by atoms with van der Waals surface area (Å²) < 4.78 is 23.2. The normalized spacial score (nSPS) is 16.9. The number of ether oxygens (including phenoxy) is 4. The first-order valence-electron chi connectivity index (χ1n) is 14.6. The summed E-state index contributed by atoms with van der Waals surface area (Å²) in [5.74, 6) is 0.830. The van der Waals surface area contributed by atoms with Crippen molar-refractivity contribution < 1.29 is 28.5 Å². The molecule has 1 amide bonds. The van der Waals surface area contributed by atoms with E-state index in [1.54, 1.807) is 24.1 Å². The molecule has 4 aromatic carbocycles. The third kappa shape index (κ3) is 6.46. The average Bonchev–Trinajstić information content (AvgIpc) is 3.01. The molecule has 43 heavy (non-hydrogen) atoms. The lowest BCUT2D eigenvalue weighted by Gasteiger charge is -2.38. The Morgan fingerprint density at radius 1 is 0.930 bits per heavy atom. The molecule has 0 saturated carbocycles. The topological polar surface area (TPSA) is 74.3 Å². The van der Waals surface area contributed by atoms with Crippen LogP contribution in [0, 0.1) is 0 Å². The van der Waals surface area contributed by atoms with Gasteiger partial charge in [0.1, 0.15) is 23.2 Å². The van der Waals surface area contributed by atoms with Gasteiger partial charge in [-0.05, 0) is 68.7 Å². The lowest BCUT2D eigenvalue weighted by molar-refractivity contribution is 0.00568. The highest BCUT2D eigenvalue weighted by Gasteiger charge is 2.36. The number of benzene rings is 4. The molecule has 1 aliphatic heterocycles. The summed E-state index contributed by atoms with van der Waals surface area (Å²) in [4.78, 5) is 27.8. The monoisotopic (exact) mass is 581 g/mol. The van der Waals surface area contributed by atoms with E-state index in [1.165, 1.54) is 7.11 Å². The Kier molecular flexibility index (Phi) is 8.62. The van der Waals surface area contributed by atoms with Crippen molar-refractivity contribution in [3.05, 3.63) is 107 Å². The van der Waals surface area contributed by atoms with E-state index in [4.69, 9.17) is 18.9 Å². The lowest BCUT2D eigenvalue weighted by atomic mass is 9.83. The van der Waals surface area contributed by atoms with Gasteiger partial charge in [0.25, 0.3) is 0 Å². The van der Waals surface area contributed by atoms with Crippen LogP contribution in [-0.4, -0.2) is 49.4 Å². The van der Waals surface area contributed by atoms with E-state index in [-0.39, 0.29) is 18.1 Å². The Morgan fingerprint density at radius 3 is 2.40 bits per heavy atom. The van der Waals surface area contributed by atoms with E-state index in [0.717, 1.165) is 33.2 Å². The van der Waals surface area contributed by atoms with Crippen molar-refractivity contribution in [3.63, 3.8) is 0 Å². The van der Waals surface area contributed by atoms with E-state index in [9.17, 15) is 9.59 Å². The molecule has 1 heterocycles. The van der Waals surface area contributed by atoms with Gasteiger partial charge in [-0.15, -0.1) is 0 Å². The van der Waals surface area contributed by atoms with Crippen LogP contribution in [0.5, 0.6) is 11.5 Å². The van der Waals surface area contributed by atoms with Gasteiger partial charge in [-0.2, -0.15) is 0 Å². The van der Waals surface area contributed by atoms with Crippen LogP contribution in [0.25, 0.3) is 10.8 Å². The van der Waals surface area contributed by atoms with Crippen molar-refractivity contribution in [1.29, 1.82) is 0 Å². The van der Waals surface area contributed by atoms with E-state index in [0.29, 0.717) is 24.3 Å². The van der Waals surface area contributed by atoms with Crippen molar-refractivity contribution in [1.82, 2.24) is 4.90 Å². The number of rotatable bonds is 7. The molecule has 0 aliphatic carbocycles. The predicted molar refractivity (Wildman–Crippen MR) is 167 cm³/mol. The van der Waals surface area contributed by atoms with Crippen molar-refractivity contribution in [3.8, 4) is 11.5 Å². The molecular weight excluding hydrogens is 542 g/mol. The van der Waals surface area contributed by atoms with E-state index < -0.39 is 17.7 Å². The van der Waals surface area contributed by atoms with Gasteiger partial charge in [0.15, 0.2) is 0 Å². The number of methoxy groups -OCH3 is 2. The van der Waals surface area contributed by atoms with Gasteiger partial charge in [0, 0.05) is 17.0 Å². The van der Waals surface area contributed by atoms with Crippen molar-refractivity contribution in [2.45, 2.75) is 57.8 Å². The largest absolute Gasteiger partial charge is 0.496 e. The predicted octanol–water partition coefficient (Wildman–Crippen LogP) is 7.92. The third-order valence-corrected chi connectivity index (χ3v) is 7.89. The number of hydrogen-bond donors (Lipinski definition) is 0. The maximum Gasteiger partial charge on any atom is 0.410 e. The van der Waals surface area contributed by atoms with Crippen LogP contribution in [0.1, 0.15) is 73.1 Å². The molecule has 0 bridgehead atoms. The quantitative estimate of drug-likeness (QED) is 0.207. The number of para-hydroxylation sites is 1. The van der Waals surface area contributed by atoms with Crippen molar-refractivity contribution in [2.24, 2.45) is 0 Å². The summed E-state index contributed by atoms with van der Waals surface area (Å²) in [7, 11) is 2.95. The highest BCUT2D eigenvalue weighted by molar-refractivity contribution is 5.90. The zero-order chi connectivity index (χ0) is 30.7. The van der Waals surface area contributed by atoms with Crippen molar-refractivity contribution in [2.75, 3.05) is 20.8 Å². The Hall–Kier alpha value is -4.52. The Morgan fingerprint density at radius 2 is 1.65 bits per heavy atom. The Balaban J connectivity index is 1.52. The summed E-state index contributed by atoms with van der Waals surface area (Å²) in [5.41, 5.74) is 2.75. The SMILES string of the molecule is COC(=O)c1ccc(C2C[C@H](CN(C(=O)OC(C)(C)C)[C@H](C)c3cccc4ccccc34)Oc3ccccc32)c(OC)c1. The number of amides is 1. The first-order valence-corrected chi connectivity index (χ1v) is 14.6. The maximum atomic E-state index is 13.8. The number of hydrogen-bond acceptors (Lipinski definition) is 6. The van der Waals surface area contributed by atoms with Gasteiger partial charge in [0.05, 0.1) is 32.4 Å². The fourth-order valence-corrected chi connectivity index (χ4v) is 5.86. The maximum absolute atomic E-state index is 13.8. The van der Waals surface area contributed by atoms with E-state index >= 15 is 0 Å². The summed E-state index contributed by atoms with van der Waals surface area (Å²) in [6.45, 7) is 7.97. The van der Waals surface area contributed by atoms with Gasteiger partial charge in [-0.25, -0.2) is 9.59 Å². The second-order valence-corrected chi connectivity index (χ2v) is 11.9. The summed E-state index contributed by atoms with van der Waals surface area (Å²) >= 11 is 0. The van der Waals surface area contributed by atoms with Crippen LogP contribution >= 0.6 is 0 Å². The summed E-state index contributed by atoms with van der Waals surface area (Å²) in [5, 5.41) is 2.20. The Bertz CT molecular complexity index is 1620. The van der Waals surface area contributed by atoms with Gasteiger partial charge in [-0.1, -0.05) is 66.7 Å². The highest BCUT2D eigenvalue weighted by Crippen LogP contribution is 2.44. The van der Waals surface area contributed by atoms with E-state index in [2.05, 4.69) is 24.3 Å². The fourth-order valence-electron chi connectivity index (χ4n) is 5.86. The van der Waals surface area contributed by atoms with Crippen LogP contribution in [0.4, 0.5) is 4.79 Å². The molecule has 0 aromatic heterocycles. The van der Waals surface area contributed by atoms with Crippen molar-refractivity contribution >= 4 is 22.8 Å². The second-order valence-electron chi connectivity index (χ2n) is 11.9. The second kappa shape index (κ2) is 12.4. The molecule has 5 rings (SSSR count). The molecule has 0 saturated heterocycles. The number of esters is 1. The molecule has 1 unspecified atom stereocenters. The van der Waals surface area contributed by atoms with Crippen LogP contribution in [0.15, 0.2) is 84.9 Å². The number of carbonyl (C=O) groups is 2. The summed E-state index contributed by atoms with van der Waals surface area (Å²) in [6, 6.07) is 27.4. The number of fused-ring (bicyclic) bond motifs is 2. The standard InChI is InChI=1S/C36H39NO6/c1-23(27-16-11-13-24-12-7-8-14-28(24)27)37(35(39)43-36(2,3)4)22-26-21-31(29-15-9-10-17-32(29)42-26)30-19-18-25(34(38)41-6)20-33(30)40-5/h7-20,23,26,31H,21-22H2,1-6H3/t23-,26-,31?/m1/s1. The van der Waals surface area contributed by atoms with E-state index in [1.807, 2.05) is 76.2 Å². The van der Waals surface area contributed by atoms with Crippen LogP contribution in [0.3, 0.4) is 0 Å². The first kappa shape index (κ1) is 30.0. The molecule has 7 nitrogen and oxygen atoms in total. The van der Waals surface area contributed by atoms with Crippen LogP contribution < -0.4 is 9.47 Å². The zero-order valence-corrected chi connectivity index (χ0v) is 25.6. The summed E-state index contributed by atoms with van der Waals surface area (Å²) in [6.07, 6.45) is -0.145. The minimum absolute atomic E-state index is 0.0926. The van der Waals surface area contributed by atoms with Gasteiger partial charge >= 0.3 is 12.1 Å². The Labute approximate surface area is 253 Å². The minimum Gasteiger partial charge on any atom is -0.496 e. The van der Waals surface area contributed by atoms with Crippen LogP contribution in [0.2, 0.25) is 0 Å². The molecule has 1 aliphatic rings. The average molecular weight is 582 g/mol. The molecule has 0 spiro atoms. The van der Waals surface area contributed by atoms with Gasteiger partial charge in [0.2, 0.25) is 0 Å². The molecule has 4 aromatic rings. The van der Waals surface area contributed by atoms with Gasteiger partial charge < -0.3 is 18.9 Å². The highest BCUT2D eigenvalue weighted by atomic mass is 16.6. The number of carbonyl (C=O) groups excluding carboxylic acids is 2. The lowest BCUT2D eigenvalue weighted by Crippen LogP contribution is -2.45. The zero-order valence-electron chi connectivity index (χ0n) is 25.6. The molecule has 0 radical (unpaired) electrons. The molecule has 224 valence electrons. The smallest absolute Gasteiger partial charge is 0.410 e. The first-order chi connectivity index (χ1) is 20.6. The molecule has 7 heteroatoms. The molecular formula is C36H39NO6. The van der Waals surface area contributed by atoms with Crippen LogP contribution in [-0.2, 0) is 9.47 Å². The molecule has 3 atom stereocenters. The third-order valence-electron chi connectivity index (χ3n) is 7.89. The molecule has 0 N–H and O–H groups in total.